The molecule has 2 fully saturated rings. The maximum absolute atomic E-state index is 12.3. The van der Waals surface area contributed by atoms with Gasteiger partial charge in [0.2, 0.25) is 0 Å². The van der Waals surface area contributed by atoms with E-state index in [4.69, 9.17) is 9.47 Å². The summed E-state index contributed by atoms with van der Waals surface area (Å²) in [6.07, 6.45) is 2.12. The molecule has 5 heteroatoms. The van der Waals surface area contributed by atoms with Crippen molar-refractivity contribution in [3.8, 4) is 0 Å². The lowest BCUT2D eigenvalue weighted by atomic mass is 9.78. The molecule has 0 N–H and O–H groups in total. The van der Waals surface area contributed by atoms with Gasteiger partial charge in [-0.25, -0.2) is 0 Å². The van der Waals surface area contributed by atoms with E-state index >= 15 is 0 Å². The minimum absolute atomic E-state index is 0.207. The van der Waals surface area contributed by atoms with Gasteiger partial charge in [-0.3, -0.25) is 9.59 Å². The van der Waals surface area contributed by atoms with Gasteiger partial charge in [0.15, 0.2) is 5.41 Å². The Morgan fingerprint density at radius 2 is 1.75 bits per heavy atom. The second kappa shape index (κ2) is 5.19. The number of carbonyl (C=O) groups excluding carboxylic acids is 3. The van der Waals surface area contributed by atoms with Crippen molar-refractivity contribution in [3.05, 3.63) is 0 Å². The lowest BCUT2D eigenvalue weighted by molar-refractivity contribution is -0.173. The molecule has 0 saturated heterocycles. The zero-order chi connectivity index (χ0) is 15.0. The number of ether oxygens (including phenoxy) is 2. The summed E-state index contributed by atoms with van der Waals surface area (Å²) in [6, 6.07) is 0. The molecule has 2 saturated carbocycles. The highest BCUT2D eigenvalue weighted by Crippen LogP contribution is 2.74. The molecule has 20 heavy (non-hydrogen) atoms. The van der Waals surface area contributed by atoms with Gasteiger partial charge < -0.3 is 14.3 Å². The smallest absolute Gasteiger partial charge is 0.323 e. The number of rotatable bonds is 6. The standard InChI is InChI=1S/C15H22O5/c1-4-19-12(17)15(13(18)20-5-2)8-11-10(3)14(11,9-15)6-7-16/h7,10-11H,4-6,8-9H2,1-3H3/t10-,11-,14+/m1/s1. The van der Waals surface area contributed by atoms with Gasteiger partial charge in [0.05, 0.1) is 13.2 Å². The molecule has 0 aliphatic heterocycles. The molecule has 2 aliphatic rings. The van der Waals surface area contributed by atoms with E-state index in [1.165, 1.54) is 0 Å². The van der Waals surface area contributed by atoms with Crippen LogP contribution in [0.3, 0.4) is 0 Å². The van der Waals surface area contributed by atoms with Crippen LogP contribution in [0.15, 0.2) is 0 Å². The molecular weight excluding hydrogens is 260 g/mol. The summed E-state index contributed by atoms with van der Waals surface area (Å²) in [4.78, 5) is 35.5. The van der Waals surface area contributed by atoms with Crippen LogP contribution >= 0.6 is 0 Å². The molecule has 0 aromatic carbocycles. The topological polar surface area (TPSA) is 69.7 Å². The highest BCUT2D eigenvalue weighted by Gasteiger charge is 2.74. The van der Waals surface area contributed by atoms with E-state index < -0.39 is 17.4 Å². The Balaban J connectivity index is 2.26. The second-order valence-electron chi connectivity index (χ2n) is 5.90. The molecule has 112 valence electrons. The number of hydrogen-bond donors (Lipinski definition) is 0. The van der Waals surface area contributed by atoms with Crippen LogP contribution in [0.25, 0.3) is 0 Å². The van der Waals surface area contributed by atoms with Gasteiger partial charge in [0.1, 0.15) is 6.29 Å². The molecule has 0 unspecified atom stereocenters. The number of esters is 2. The van der Waals surface area contributed by atoms with E-state index in [0.717, 1.165) is 6.29 Å². The Bertz CT molecular complexity index is 412. The van der Waals surface area contributed by atoms with E-state index in [9.17, 15) is 14.4 Å². The highest BCUT2D eigenvalue weighted by molar-refractivity contribution is 6.01. The van der Waals surface area contributed by atoms with Gasteiger partial charge in [-0.05, 0) is 43.9 Å². The minimum atomic E-state index is -1.20. The van der Waals surface area contributed by atoms with Gasteiger partial charge in [-0.1, -0.05) is 6.92 Å². The van der Waals surface area contributed by atoms with Crippen molar-refractivity contribution in [1.29, 1.82) is 0 Å². The Hall–Kier alpha value is -1.39. The van der Waals surface area contributed by atoms with Crippen molar-refractivity contribution >= 4 is 18.2 Å². The van der Waals surface area contributed by atoms with Crippen molar-refractivity contribution in [2.24, 2.45) is 22.7 Å². The molecule has 2 aliphatic carbocycles. The third-order valence-corrected chi connectivity index (χ3v) is 5.13. The van der Waals surface area contributed by atoms with E-state index in [1.54, 1.807) is 13.8 Å². The fraction of sp³-hybridized carbons (Fsp3) is 0.800. The quantitative estimate of drug-likeness (QED) is 0.421. The first-order chi connectivity index (χ1) is 9.48. The van der Waals surface area contributed by atoms with Crippen LogP contribution in [0, 0.1) is 22.7 Å². The van der Waals surface area contributed by atoms with Crippen LogP contribution < -0.4 is 0 Å². The average molecular weight is 282 g/mol. The molecular formula is C15H22O5. The van der Waals surface area contributed by atoms with Crippen LogP contribution in [0.2, 0.25) is 0 Å². The summed E-state index contributed by atoms with van der Waals surface area (Å²) in [5, 5.41) is 0. The summed E-state index contributed by atoms with van der Waals surface area (Å²) >= 11 is 0. The summed E-state index contributed by atoms with van der Waals surface area (Å²) in [5.41, 5.74) is -1.41. The van der Waals surface area contributed by atoms with E-state index in [-0.39, 0.29) is 24.5 Å². The third kappa shape index (κ3) is 1.95. The Labute approximate surface area is 119 Å². The fourth-order valence-electron chi connectivity index (χ4n) is 3.98. The van der Waals surface area contributed by atoms with Crippen LogP contribution in [-0.4, -0.2) is 31.4 Å². The van der Waals surface area contributed by atoms with Crippen molar-refractivity contribution in [3.63, 3.8) is 0 Å². The maximum atomic E-state index is 12.3. The van der Waals surface area contributed by atoms with Crippen molar-refractivity contribution in [1.82, 2.24) is 0 Å². The van der Waals surface area contributed by atoms with Crippen LogP contribution in [0.1, 0.15) is 40.0 Å². The largest absolute Gasteiger partial charge is 0.465 e. The van der Waals surface area contributed by atoms with Crippen molar-refractivity contribution < 1.29 is 23.9 Å². The molecule has 0 radical (unpaired) electrons. The molecule has 0 heterocycles. The van der Waals surface area contributed by atoms with Crippen molar-refractivity contribution in [2.45, 2.75) is 40.0 Å². The average Bonchev–Trinajstić information content (AvgIpc) is 2.80. The Morgan fingerprint density at radius 1 is 1.20 bits per heavy atom. The molecule has 0 bridgehead atoms. The highest BCUT2D eigenvalue weighted by atomic mass is 16.6. The lowest BCUT2D eigenvalue weighted by Crippen LogP contribution is -2.42. The maximum Gasteiger partial charge on any atom is 0.323 e. The first-order valence-electron chi connectivity index (χ1n) is 7.26. The molecule has 3 atom stereocenters. The number of carbonyl (C=O) groups is 3. The molecule has 2 rings (SSSR count). The predicted molar refractivity (Wildman–Crippen MR) is 70.7 cm³/mol. The lowest BCUT2D eigenvalue weighted by Gasteiger charge is -2.28. The normalized spacial score (nSPS) is 33.1. The molecule has 0 amide bonds. The van der Waals surface area contributed by atoms with Crippen molar-refractivity contribution in [2.75, 3.05) is 13.2 Å². The van der Waals surface area contributed by atoms with Crippen LogP contribution in [-0.2, 0) is 23.9 Å². The zero-order valence-corrected chi connectivity index (χ0v) is 12.3. The first-order valence-corrected chi connectivity index (χ1v) is 7.26. The summed E-state index contributed by atoms with van der Waals surface area (Å²) in [7, 11) is 0. The summed E-state index contributed by atoms with van der Waals surface area (Å²) < 4.78 is 10.2. The van der Waals surface area contributed by atoms with Gasteiger partial charge in [0.25, 0.3) is 0 Å². The van der Waals surface area contributed by atoms with E-state index in [2.05, 4.69) is 6.92 Å². The first kappa shape index (κ1) is 15.0. The summed E-state index contributed by atoms with van der Waals surface area (Å²) in [6.45, 7) is 5.99. The van der Waals surface area contributed by atoms with Gasteiger partial charge in [0, 0.05) is 6.42 Å². The fourth-order valence-corrected chi connectivity index (χ4v) is 3.98. The number of hydrogen-bond acceptors (Lipinski definition) is 5. The van der Waals surface area contributed by atoms with Gasteiger partial charge in [-0.2, -0.15) is 0 Å². The Kier molecular flexibility index (Phi) is 3.89. The van der Waals surface area contributed by atoms with E-state index in [1.807, 2.05) is 0 Å². The minimum Gasteiger partial charge on any atom is -0.465 e. The van der Waals surface area contributed by atoms with Gasteiger partial charge in [-0.15, -0.1) is 0 Å². The second-order valence-corrected chi connectivity index (χ2v) is 5.90. The third-order valence-electron chi connectivity index (χ3n) is 5.13. The van der Waals surface area contributed by atoms with Crippen LogP contribution in [0.5, 0.6) is 0 Å². The SMILES string of the molecule is CCOC(=O)C1(C(=O)OCC)C[C@@H]2[C@@H](C)[C@]2(CC=O)C1. The molecule has 0 aromatic heterocycles. The predicted octanol–water partition coefficient (Wildman–Crippen LogP) is 1.73. The van der Waals surface area contributed by atoms with Gasteiger partial charge >= 0.3 is 11.9 Å². The molecule has 0 aromatic rings. The monoisotopic (exact) mass is 282 g/mol. The summed E-state index contributed by atoms with van der Waals surface area (Å²) in [5.74, 6) is -0.377. The zero-order valence-electron chi connectivity index (χ0n) is 12.3. The van der Waals surface area contributed by atoms with E-state index in [0.29, 0.717) is 25.2 Å². The Morgan fingerprint density at radius 3 is 2.20 bits per heavy atom. The van der Waals surface area contributed by atoms with Crippen LogP contribution in [0.4, 0.5) is 0 Å². The molecule has 5 nitrogen and oxygen atoms in total. The number of fused-ring (bicyclic) bond motifs is 1. The molecule has 0 spiro atoms. The number of aldehydes is 1.